The Morgan fingerprint density at radius 1 is 1.17 bits per heavy atom. The highest BCUT2D eigenvalue weighted by Gasteiger charge is 2.27. The highest BCUT2D eigenvalue weighted by Crippen LogP contribution is 2.30. The molecule has 7 heteroatoms. The number of pyridine rings is 1. The van der Waals surface area contributed by atoms with E-state index in [4.69, 9.17) is 0 Å². The number of aromatic amines is 1. The molecule has 3 rings (SSSR count). The Morgan fingerprint density at radius 2 is 1.93 bits per heavy atom. The number of nitrogens with one attached hydrogen (secondary N) is 2. The number of anilines is 1. The molecule has 6 nitrogen and oxygen atoms in total. The van der Waals surface area contributed by atoms with Gasteiger partial charge in [-0.1, -0.05) is 31.2 Å². The van der Waals surface area contributed by atoms with Crippen molar-refractivity contribution in [1.82, 2.24) is 4.98 Å². The summed E-state index contributed by atoms with van der Waals surface area (Å²) in [6.07, 6.45) is 2.14. The lowest BCUT2D eigenvalue weighted by atomic mass is 9.78. The Labute approximate surface area is 170 Å². The van der Waals surface area contributed by atoms with Gasteiger partial charge < -0.3 is 4.98 Å². The van der Waals surface area contributed by atoms with Crippen LogP contribution >= 0.6 is 0 Å². The minimum Gasteiger partial charge on any atom is -0.322 e. The lowest BCUT2D eigenvalue weighted by Gasteiger charge is -2.23. The summed E-state index contributed by atoms with van der Waals surface area (Å²) in [4.78, 5) is 15.1. The van der Waals surface area contributed by atoms with Gasteiger partial charge in [0.15, 0.2) is 0 Å². The summed E-state index contributed by atoms with van der Waals surface area (Å²) in [6, 6.07) is 16.9. The van der Waals surface area contributed by atoms with Crippen molar-refractivity contribution in [2.24, 2.45) is 0 Å². The average Bonchev–Trinajstić information content (AvgIpc) is 2.65. The Hall–Kier alpha value is -3.11. The lowest BCUT2D eigenvalue weighted by molar-refractivity contribution is 0.606. The van der Waals surface area contributed by atoms with Crippen molar-refractivity contribution in [3.05, 3.63) is 75.6 Å². The molecule has 29 heavy (non-hydrogen) atoms. The zero-order valence-electron chi connectivity index (χ0n) is 16.6. The monoisotopic (exact) mass is 409 g/mol. The van der Waals surface area contributed by atoms with Crippen LogP contribution in [0.5, 0.6) is 0 Å². The van der Waals surface area contributed by atoms with E-state index in [2.05, 4.69) is 15.8 Å². The van der Waals surface area contributed by atoms with Crippen LogP contribution in [0, 0.1) is 11.3 Å². The minimum absolute atomic E-state index is 0.115. The van der Waals surface area contributed by atoms with Gasteiger partial charge >= 0.3 is 0 Å². The molecule has 0 bridgehead atoms. The molecular formula is C22H23N3O3S. The molecule has 0 saturated carbocycles. The number of nitriles is 1. The molecule has 0 radical (unpaired) electrons. The summed E-state index contributed by atoms with van der Waals surface area (Å²) in [5.74, 6) is 0. The number of hydrogen-bond donors (Lipinski definition) is 2. The number of hydrogen-bond acceptors (Lipinski definition) is 4. The molecular weight excluding hydrogens is 386 g/mol. The molecule has 0 fully saturated rings. The summed E-state index contributed by atoms with van der Waals surface area (Å²) < 4.78 is 25.4. The van der Waals surface area contributed by atoms with E-state index >= 15 is 0 Å². The first-order valence-electron chi connectivity index (χ1n) is 9.28. The minimum atomic E-state index is -3.38. The van der Waals surface area contributed by atoms with Crippen LogP contribution < -0.4 is 10.3 Å². The number of sulfonamides is 1. The molecule has 1 unspecified atom stereocenters. The van der Waals surface area contributed by atoms with Crippen LogP contribution in [-0.2, 0) is 28.3 Å². The van der Waals surface area contributed by atoms with Crippen molar-refractivity contribution >= 4 is 26.6 Å². The molecule has 0 aliphatic carbocycles. The zero-order chi connectivity index (χ0) is 21.2. The highest BCUT2D eigenvalue weighted by atomic mass is 32.2. The predicted molar refractivity (Wildman–Crippen MR) is 116 cm³/mol. The molecule has 0 spiro atoms. The number of aryl methyl sites for hydroxylation is 1. The van der Waals surface area contributed by atoms with Gasteiger partial charge in [-0.05, 0) is 60.5 Å². The summed E-state index contributed by atoms with van der Waals surface area (Å²) in [6.45, 7) is 3.77. The van der Waals surface area contributed by atoms with Gasteiger partial charge in [0.25, 0.3) is 5.56 Å². The molecule has 0 amide bonds. The molecule has 1 aromatic heterocycles. The van der Waals surface area contributed by atoms with Crippen molar-refractivity contribution in [2.45, 2.75) is 32.1 Å². The van der Waals surface area contributed by atoms with Crippen LogP contribution in [-0.4, -0.2) is 19.7 Å². The first kappa shape index (κ1) is 20.6. The molecule has 3 aromatic rings. The molecule has 2 aromatic carbocycles. The van der Waals surface area contributed by atoms with E-state index < -0.39 is 15.4 Å². The second-order valence-corrected chi connectivity index (χ2v) is 9.22. The summed E-state index contributed by atoms with van der Waals surface area (Å²) in [5.41, 5.74) is 2.53. The van der Waals surface area contributed by atoms with Gasteiger partial charge in [0.2, 0.25) is 10.0 Å². The van der Waals surface area contributed by atoms with Crippen LogP contribution in [0.4, 0.5) is 5.69 Å². The fourth-order valence-electron chi connectivity index (χ4n) is 3.43. The first-order chi connectivity index (χ1) is 13.6. The van der Waals surface area contributed by atoms with Crippen molar-refractivity contribution in [3.63, 3.8) is 0 Å². The van der Waals surface area contributed by atoms with Gasteiger partial charge in [0.05, 0.1) is 17.7 Å². The van der Waals surface area contributed by atoms with Crippen LogP contribution in [0.25, 0.3) is 10.9 Å². The molecule has 1 atom stereocenters. The second kappa shape index (κ2) is 7.72. The Kier molecular flexibility index (Phi) is 5.49. The normalized spacial score (nSPS) is 13.6. The zero-order valence-corrected chi connectivity index (χ0v) is 17.4. The van der Waals surface area contributed by atoms with Crippen LogP contribution in [0.3, 0.4) is 0 Å². The van der Waals surface area contributed by atoms with Crippen molar-refractivity contribution in [1.29, 1.82) is 5.26 Å². The predicted octanol–water partition coefficient (Wildman–Crippen LogP) is 3.49. The Morgan fingerprint density at radius 3 is 2.59 bits per heavy atom. The van der Waals surface area contributed by atoms with Crippen LogP contribution in [0.15, 0.2) is 53.3 Å². The Bertz CT molecular complexity index is 1270. The fraction of sp³-hybridized carbons (Fsp3) is 0.273. The van der Waals surface area contributed by atoms with Gasteiger partial charge in [0, 0.05) is 16.8 Å². The number of H-pyrrole nitrogens is 1. The number of fused-ring (bicyclic) bond motifs is 1. The average molecular weight is 410 g/mol. The fourth-order valence-corrected chi connectivity index (χ4v) is 3.98. The summed E-state index contributed by atoms with van der Waals surface area (Å²) in [5, 5.41) is 10.9. The van der Waals surface area contributed by atoms with Crippen LogP contribution in [0.2, 0.25) is 0 Å². The van der Waals surface area contributed by atoms with Gasteiger partial charge in [-0.2, -0.15) is 5.26 Å². The summed E-state index contributed by atoms with van der Waals surface area (Å²) >= 11 is 0. The van der Waals surface area contributed by atoms with Gasteiger partial charge in [-0.25, -0.2) is 8.42 Å². The number of benzene rings is 2. The molecule has 0 saturated heterocycles. The molecule has 0 aliphatic rings. The van der Waals surface area contributed by atoms with E-state index in [1.165, 1.54) is 0 Å². The van der Waals surface area contributed by atoms with E-state index in [1.807, 2.05) is 44.2 Å². The van der Waals surface area contributed by atoms with E-state index in [9.17, 15) is 18.5 Å². The maximum atomic E-state index is 12.2. The van der Waals surface area contributed by atoms with Gasteiger partial charge in [0.1, 0.15) is 0 Å². The van der Waals surface area contributed by atoms with Crippen molar-refractivity contribution in [2.75, 3.05) is 11.0 Å². The summed E-state index contributed by atoms with van der Waals surface area (Å²) in [7, 11) is -3.38. The molecule has 0 aliphatic heterocycles. The molecule has 2 N–H and O–H groups in total. The maximum absolute atomic E-state index is 12.2. The topological polar surface area (TPSA) is 103 Å². The third-order valence-electron chi connectivity index (χ3n) is 4.98. The standard InChI is InChI=1S/C22H23N3O3S/c1-4-16-11-17-8-9-18(12-20(17)24-21(16)26)22(2,14-23)13-15-6-5-7-19(10-15)25-29(3,27)28/h5-12,25H,4,13H2,1-3H3,(H,24,26). The van der Waals surface area contributed by atoms with Crippen molar-refractivity contribution < 1.29 is 8.42 Å². The third kappa shape index (κ3) is 4.66. The quantitative estimate of drug-likeness (QED) is 0.650. The smallest absolute Gasteiger partial charge is 0.251 e. The van der Waals surface area contributed by atoms with E-state index in [1.54, 1.807) is 18.2 Å². The van der Waals surface area contributed by atoms with E-state index in [-0.39, 0.29) is 5.56 Å². The SMILES string of the molecule is CCc1cc2ccc(C(C)(C#N)Cc3cccc(NS(C)(=O)=O)c3)cc2[nH]c1=O. The molecule has 1 heterocycles. The van der Waals surface area contributed by atoms with Gasteiger partial charge in [-0.15, -0.1) is 0 Å². The lowest BCUT2D eigenvalue weighted by Crippen LogP contribution is -2.23. The van der Waals surface area contributed by atoms with Crippen LogP contribution in [0.1, 0.15) is 30.5 Å². The largest absolute Gasteiger partial charge is 0.322 e. The number of aromatic nitrogens is 1. The van der Waals surface area contributed by atoms with Crippen molar-refractivity contribution in [3.8, 4) is 6.07 Å². The van der Waals surface area contributed by atoms with E-state index in [0.717, 1.165) is 28.3 Å². The van der Waals surface area contributed by atoms with E-state index in [0.29, 0.717) is 24.0 Å². The number of nitrogens with zero attached hydrogens (tertiary/aromatic N) is 1. The Balaban J connectivity index is 1.98. The maximum Gasteiger partial charge on any atom is 0.251 e. The second-order valence-electron chi connectivity index (χ2n) is 7.47. The first-order valence-corrected chi connectivity index (χ1v) is 11.2. The highest BCUT2D eigenvalue weighted by molar-refractivity contribution is 7.92. The molecule has 150 valence electrons. The van der Waals surface area contributed by atoms with Gasteiger partial charge in [-0.3, -0.25) is 9.52 Å². The third-order valence-corrected chi connectivity index (χ3v) is 5.58. The number of rotatable bonds is 6.